The first-order chi connectivity index (χ1) is 10.7. The normalized spacial score (nSPS) is 21.7. The van der Waals surface area contributed by atoms with Crippen molar-refractivity contribution in [2.75, 3.05) is 25.1 Å². The first-order valence-corrected chi connectivity index (χ1v) is 7.66. The third kappa shape index (κ3) is 3.24. The van der Waals surface area contributed by atoms with Crippen LogP contribution in [0.3, 0.4) is 0 Å². The van der Waals surface area contributed by atoms with Gasteiger partial charge in [0.25, 0.3) is 0 Å². The zero-order valence-electron chi connectivity index (χ0n) is 12.9. The van der Waals surface area contributed by atoms with Gasteiger partial charge in [-0.3, -0.25) is 0 Å². The number of nitrogens with zero attached hydrogens (tertiary/aromatic N) is 1. The number of hydrogen-bond donors (Lipinski definition) is 2. The summed E-state index contributed by atoms with van der Waals surface area (Å²) in [5.74, 6) is 0.872. The molecule has 1 aliphatic rings. The summed E-state index contributed by atoms with van der Waals surface area (Å²) in [7, 11) is 1.68. The number of hydrogen-bond acceptors (Lipinski definition) is 4. The van der Waals surface area contributed by atoms with Gasteiger partial charge in [0.05, 0.1) is 7.11 Å². The Morgan fingerprint density at radius 1 is 0.864 bits per heavy atom. The fourth-order valence-electron chi connectivity index (χ4n) is 3.04. The van der Waals surface area contributed by atoms with Crippen LogP contribution in [0.2, 0.25) is 0 Å². The van der Waals surface area contributed by atoms with E-state index in [0.29, 0.717) is 0 Å². The molecule has 0 aromatic heterocycles. The fourth-order valence-corrected chi connectivity index (χ4v) is 3.04. The number of methoxy groups -OCH3 is 1. The Bertz CT molecular complexity index is 599. The van der Waals surface area contributed by atoms with E-state index in [0.717, 1.165) is 25.3 Å². The molecule has 3 rings (SSSR count). The molecule has 0 radical (unpaired) electrons. The van der Waals surface area contributed by atoms with Gasteiger partial charge in [0, 0.05) is 30.9 Å². The summed E-state index contributed by atoms with van der Waals surface area (Å²) in [5, 5.41) is 0. The number of rotatable bonds is 3. The number of benzene rings is 2. The van der Waals surface area contributed by atoms with Gasteiger partial charge in [0.15, 0.2) is 0 Å². The maximum absolute atomic E-state index is 6.07. The second-order valence-electron chi connectivity index (χ2n) is 5.94. The van der Waals surface area contributed by atoms with E-state index in [4.69, 9.17) is 16.2 Å². The van der Waals surface area contributed by atoms with Crippen LogP contribution in [0.1, 0.15) is 6.42 Å². The fraction of sp³-hybridized carbons (Fsp3) is 0.333. The van der Waals surface area contributed by atoms with E-state index in [9.17, 15) is 0 Å². The highest BCUT2D eigenvalue weighted by Crippen LogP contribution is 2.26. The maximum atomic E-state index is 6.07. The van der Waals surface area contributed by atoms with E-state index < -0.39 is 0 Å². The highest BCUT2D eigenvalue weighted by atomic mass is 16.5. The molecule has 0 aliphatic carbocycles. The lowest BCUT2D eigenvalue weighted by atomic mass is 10.0. The Kier molecular flexibility index (Phi) is 4.32. The van der Waals surface area contributed by atoms with E-state index >= 15 is 0 Å². The molecule has 2 aromatic rings. The van der Waals surface area contributed by atoms with Crippen LogP contribution in [0.15, 0.2) is 48.5 Å². The molecule has 0 bridgehead atoms. The molecule has 0 spiro atoms. The molecule has 4 N–H and O–H groups in total. The maximum Gasteiger partial charge on any atom is 0.118 e. The smallest absolute Gasteiger partial charge is 0.118 e. The highest BCUT2D eigenvalue weighted by Gasteiger charge is 2.22. The minimum atomic E-state index is 0.157. The molecule has 4 heteroatoms. The van der Waals surface area contributed by atoms with Gasteiger partial charge in [-0.25, -0.2) is 0 Å². The third-order valence-electron chi connectivity index (χ3n) is 4.17. The first-order valence-electron chi connectivity index (χ1n) is 7.66. The first kappa shape index (κ1) is 14.9. The molecule has 4 nitrogen and oxygen atoms in total. The van der Waals surface area contributed by atoms with Crippen molar-refractivity contribution in [2.24, 2.45) is 11.5 Å². The van der Waals surface area contributed by atoms with Crippen molar-refractivity contribution in [3.8, 4) is 16.9 Å². The molecule has 116 valence electrons. The van der Waals surface area contributed by atoms with E-state index in [2.05, 4.69) is 41.3 Å². The SMILES string of the molecule is COc1ccc(-c2ccc(N3C[C@H](N)C[C@H](N)C3)cc2)cc1. The van der Waals surface area contributed by atoms with Gasteiger partial charge in [-0.15, -0.1) is 0 Å². The molecule has 0 amide bonds. The average molecular weight is 297 g/mol. The number of anilines is 1. The molecule has 0 unspecified atom stereocenters. The number of nitrogens with two attached hydrogens (primary N) is 2. The molecular formula is C18H23N3O. The van der Waals surface area contributed by atoms with Crippen molar-refractivity contribution in [1.82, 2.24) is 0 Å². The minimum Gasteiger partial charge on any atom is -0.497 e. The Morgan fingerprint density at radius 3 is 1.86 bits per heavy atom. The summed E-state index contributed by atoms with van der Waals surface area (Å²) in [6.07, 6.45) is 0.903. The zero-order valence-corrected chi connectivity index (χ0v) is 12.9. The Hall–Kier alpha value is -2.04. The van der Waals surface area contributed by atoms with Crippen molar-refractivity contribution in [3.05, 3.63) is 48.5 Å². The van der Waals surface area contributed by atoms with E-state index in [-0.39, 0.29) is 12.1 Å². The molecule has 1 fully saturated rings. The van der Waals surface area contributed by atoms with Gasteiger partial charge >= 0.3 is 0 Å². The van der Waals surface area contributed by atoms with Crippen LogP contribution < -0.4 is 21.1 Å². The molecule has 1 heterocycles. The number of ether oxygens (including phenoxy) is 1. The van der Waals surface area contributed by atoms with Crippen LogP contribution in [0, 0.1) is 0 Å². The van der Waals surface area contributed by atoms with Crippen LogP contribution in [0.25, 0.3) is 11.1 Å². The van der Waals surface area contributed by atoms with Gasteiger partial charge in [0.2, 0.25) is 0 Å². The highest BCUT2D eigenvalue weighted by molar-refractivity contribution is 5.67. The van der Waals surface area contributed by atoms with Crippen molar-refractivity contribution < 1.29 is 4.74 Å². The topological polar surface area (TPSA) is 64.5 Å². The minimum absolute atomic E-state index is 0.157. The van der Waals surface area contributed by atoms with Gasteiger partial charge in [-0.05, 0) is 41.8 Å². The van der Waals surface area contributed by atoms with Crippen LogP contribution in [-0.4, -0.2) is 32.3 Å². The molecule has 1 saturated heterocycles. The van der Waals surface area contributed by atoms with Crippen LogP contribution in [0.5, 0.6) is 5.75 Å². The zero-order chi connectivity index (χ0) is 15.5. The van der Waals surface area contributed by atoms with Crippen LogP contribution >= 0.6 is 0 Å². The molecule has 22 heavy (non-hydrogen) atoms. The van der Waals surface area contributed by atoms with Gasteiger partial charge in [0.1, 0.15) is 5.75 Å². The predicted molar refractivity (Wildman–Crippen MR) is 91.2 cm³/mol. The lowest BCUT2D eigenvalue weighted by molar-refractivity contribution is 0.415. The van der Waals surface area contributed by atoms with Gasteiger partial charge in [-0.1, -0.05) is 24.3 Å². The van der Waals surface area contributed by atoms with E-state index in [1.54, 1.807) is 7.11 Å². The van der Waals surface area contributed by atoms with Crippen LogP contribution in [-0.2, 0) is 0 Å². The largest absolute Gasteiger partial charge is 0.497 e. The Balaban J connectivity index is 1.77. The summed E-state index contributed by atoms with van der Waals surface area (Å²) in [5.41, 5.74) is 15.7. The van der Waals surface area contributed by atoms with Gasteiger partial charge in [-0.2, -0.15) is 0 Å². The molecule has 2 atom stereocenters. The summed E-state index contributed by atoms with van der Waals surface area (Å²) >= 11 is 0. The molecule has 1 aliphatic heterocycles. The number of piperidine rings is 1. The summed E-state index contributed by atoms with van der Waals surface area (Å²) < 4.78 is 5.19. The van der Waals surface area contributed by atoms with Crippen molar-refractivity contribution in [2.45, 2.75) is 18.5 Å². The van der Waals surface area contributed by atoms with Crippen LogP contribution in [0.4, 0.5) is 5.69 Å². The lowest BCUT2D eigenvalue weighted by Gasteiger charge is -2.36. The molecular weight excluding hydrogens is 274 g/mol. The second-order valence-corrected chi connectivity index (χ2v) is 5.94. The predicted octanol–water partition coefficient (Wildman–Crippen LogP) is 2.23. The monoisotopic (exact) mass is 297 g/mol. The lowest BCUT2D eigenvalue weighted by Crippen LogP contribution is -2.52. The quantitative estimate of drug-likeness (QED) is 0.912. The molecule has 0 saturated carbocycles. The second kappa shape index (κ2) is 6.38. The summed E-state index contributed by atoms with van der Waals surface area (Å²) in [6.45, 7) is 1.74. The van der Waals surface area contributed by atoms with E-state index in [1.165, 1.54) is 16.8 Å². The average Bonchev–Trinajstić information content (AvgIpc) is 2.54. The molecule has 2 aromatic carbocycles. The van der Waals surface area contributed by atoms with E-state index in [1.807, 2.05) is 12.1 Å². The summed E-state index contributed by atoms with van der Waals surface area (Å²) in [6, 6.07) is 17.0. The van der Waals surface area contributed by atoms with Crippen molar-refractivity contribution in [1.29, 1.82) is 0 Å². The van der Waals surface area contributed by atoms with Crippen molar-refractivity contribution in [3.63, 3.8) is 0 Å². The summed E-state index contributed by atoms with van der Waals surface area (Å²) in [4.78, 5) is 2.27. The Labute approximate surface area is 131 Å². The third-order valence-corrected chi connectivity index (χ3v) is 4.17. The standard InChI is InChI=1S/C18H23N3O/c1-22-18-8-4-14(5-9-18)13-2-6-17(7-3-13)21-11-15(19)10-16(20)12-21/h2-9,15-16H,10-12,19-20H2,1H3/t15-,16+. The Morgan fingerprint density at radius 2 is 1.36 bits per heavy atom. The van der Waals surface area contributed by atoms with Gasteiger partial charge < -0.3 is 21.1 Å². The van der Waals surface area contributed by atoms with Crippen molar-refractivity contribution >= 4 is 5.69 Å².